The lowest BCUT2D eigenvalue weighted by Gasteiger charge is -2.19. The highest BCUT2D eigenvalue weighted by molar-refractivity contribution is 5.78. The van der Waals surface area contributed by atoms with Gasteiger partial charge < -0.3 is 10.1 Å². The molecule has 1 amide bonds. The smallest absolute Gasteiger partial charge is 0.223 e. The SMILES string of the molecule is CC[C@H](NC(=O)C(C)C)c1ccc(OC)cc1. The first kappa shape index (κ1) is 13.6. The molecule has 1 aromatic carbocycles. The van der Waals surface area contributed by atoms with Crippen molar-refractivity contribution in [2.45, 2.75) is 33.2 Å². The largest absolute Gasteiger partial charge is 0.497 e. The van der Waals surface area contributed by atoms with E-state index in [1.807, 2.05) is 38.1 Å². The van der Waals surface area contributed by atoms with Crippen LogP contribution in [0.3, 0.4) is 0 Å². The van der Waals surface area contributed by atoms with Gasteiger partial charge in [-0.15, -0.1) is 0 Å². The average molecular weight is 235 g/mol. The molecule has 1 atom stereocenters. The standard InChI is InChI=1S/C14H21NO2/c1-5-13(15-14(16)10(2)3)11-6-8-12(17-4)9-7-11/h6-10,13H,5H2,1-4H3,(H,15,16)/t13-/m0/s1. The predicted molar refractivity (Wildman–Crippen MR) is 69.0 cm³/mol. The van der Waals surface area contributed by atoms with Crippen molar-refractivity contribution in [1.82, 2.24) is 5.32 Å². The van der Waals surface area contributed by atoms with Gasteiger partial charge in [0.25, 0.3) is 0 Å². The molecule has 0 aromatic heterocycles. The molecule has 17 heavy (non-hydrogen) atoms. The van der Waals surface area contributed by atoms with E-state index in [-0.39, 0.29) is 17.9 Å². The third kappa shape index (κ3) is 3.77. The van der Waals surface area contributed by atoms with Gasteiger partial charge in [0, 0.05) is 5.92 Å². The van der Waals surface area contributed by atoms with E-state index < -0.39 is 0 Å². The van der Waals surface area contributed by atoms with Crippen molar-refractivity contribution in [3.8, 4) is 5.75 Å². The Morgan fingerprint density at radius 3 is 2.29 bits per heavy atom. The quantitative estimate of drug-likeness (QED) is 0.852. The van der Waals surface area contributed by atoms with Gasteiger partial charge in [-0.1, -0.05) is 32.9 Å². The van der Waals surface area contributed by atoms with E-state index >= 15 is 0 Å². The number of hydrogen-bond acceptors (Lipinski definition) is 2. The normalized spacial score (nSPS) is 12.3. The van der Waals surface area contributed by atoms with Gasteiger partial charge in [0.2, 0.25) is 5.91 Å². The van der Waals surface area contributed by atoms with Gasteiger partial charge in [0.05, 0.1) is 13.2 Å². The van der Waals surface area contributed by atoms with Gasteiger partial charge in [-0.05, 0) is 24.1 Å². The number of carbonyl (C=O) groups excluding carboxylic acids is 1. The maximum absolute atomic E-state index is 11.7. The molecular weight excluding hydrogens is 214 g/mol. The topological polar surface area (TPSA) is 38.3 Å². The molecule has 0 saturated carbocycles. The van der Waals surface area contributed by atoms with Gasteiger partial charge >= 0.3 is 0 Å². The molecule has 0 bridgehead atoms. The molecule has 0 radical (unpaired) electrons. The first-order chi connectivity index (χ1) is 8.08. The molecule has 0 heterocycles. The van der Waals surface area contributed by atoms with Crippen molar-refractivity contribution in [1.29, 1.82) is 0 Å². The summed E-state index contributed by atoms with van der Waals surface area (Å²) in [6, 6.07) is 7.90. The van der Waals surface area contributed by atoms with E-state index in [2.05, 4.69) is 12.2 Å². The zero-order valence-electron chi connectivity index (χ0n) is 11.0. The zero-order valence-corrected chi connectivity index (χ0v) is 11.0. The third-order valence-corrected chi connectivity index (χ3v) is 2.77. The second-order valence-corrected chi connectivity index (χ2v) is 4.40. The lowest BCUT2D eigenvalue weighted by atomic mass is 10.0. The molecule has 0 aliphatic rings. The number of methoxy groups -OCH3 is 1. The van der Waals surface area contributed by atoms with Gasteiger partial charge in [0.1, 0.15) is 5.75 Å². The molecule has 0 fully saturated rings. The Hall–Kier alpha value is -1.51. The summed E-state index contributed by atoms with van der Waals surface area (Å²) in [6.45, 7) is 5.86. The van der Waals surface area contributed by atoms with Crippen LogP contribution in [0.1, 0.15) is 38.8 Å². The van der Waals surface area contributed by atoms with Gasteiger partial charge in [0.15, 0.2) is 0 Å². The van der Waals surface area contributed by atoms with E-state index in [4.69, 9.17) is 4.74 Å². The van der Waals surface area contributed by atoms with Crippen LogP contribution in [0.15, 0.2) is 24.3 Å². The third-order valence-electron chi connectivity index (χ3n) is 2.77. The second-order valence-electron chi connectivity index (χ2n) is 4.40. The number of benzene rings is 1. The molecule has 0 saturated heterocycles. The number of rotatable bonds is 5. The van der Waals surface area contributed by atoms with E-state index in [1.165, 1.54) is 0 Å². The Morgan fingerprint density at radius 1 is 1.29 bits per heavy atom. The fourth-order valence-corrected chi connectivity index (χ4v) is 1.60. The van der Waals surface area contributed by atoms with Crippen molar-refractivity contribution >= 4 is 5.91 Å². The van der Waals surface area contributed by atoms with E-state index in [0.717, 1.165) is 17.7 Å². The minimum absolute atomic E-state index is 0.0160. The summed E-state index contributed by atoms with van der Waals surface area (Å²) in [7, 11) is 1.65. The van der Waals surface area contributed by atoms with Crippen LogP contribution in [0.2, 0.25) is 0 Å². The van der Waals surface area contributed by atoms with E-state index in [1.54, 1.807) is 7.11 Å². The average Bonchev–Trinajstić information content (AvgIpc) is 2.35. The van der Waals surface area contributed by atoms with Crippen molar-refractivity contribution in [2.24, 2.45) is 5.92 Å². The summed E-state index contributed by atoms with van der Waals surface area (Å²) in [5.41, 5.74) is 1.11. The fraction of sp³-hybridized carbons (Fsp3) is 0.500. The van der Waals surface area contributed by atoms with Crippen molar-refractivity contribution in [2.75, 3.05) is 7.11 Å². The van der Waals surface area contributed by atoms with Crippen LogP contribution in [-0.4, -0.2) is 13.0 Å². The van der Waals surface area contributed by atoms with Crippen molar-refractivity contribution in [3.63, 3.8) is 0 Å². The fourth-order valence-electron chi connectivity index (χ4n) is 1.60. The monoisotopic (exact) mass is 235 g/mol. The summed E-state index contributed by atoms with van der Waals surface area (Å²) in [6.07, 6.45) is 0.880. The first-order valence-electron chi connectivity index (χ1n) is 6.02. The Bertz CT molecular complexity index is 357. The molecule has 0 aliphatic carbocycles. The zero-order chi connectivity index (χ0) is 12.8. The first-order valence-corrected chi connectivity index (χ1v) is 6.02. The van der Waals surface area contributed by atoms with Crippen LogP contribution in [0.25, 0.3) is 0 Å². The summed E-state index contributed by atoms with van der Waals surface area (Å²) in [4.78, 5) is 11.7. The highest BCUT2D eigenvalue weighted by Crippen LogP contribution is 2.20. The minimum atomic E-state index is 0.0160. The maximum Gasteiger partial charge on any atom is 0.223 e. The molecule has 0 spiro atoms. The molecule has 1 rings (SSSR count). The summed E-state index contributed by atoms with van der Waals surface area (Å²) < 4.78 is 5.11. The molecule has 1 aromatic rings. The summed E-state index contributed by atoms with van der Waals surface area (Å²) in [5, 5.41) is 3.04. The molecular formula is C14H21NO2. The molecule has 3 heteroatoms. The Labute approximate surface area is 103 Å². The van der Waals surface area contributed by atoms with Crippen molar-refractivity contribution in [3.05, 3.63) is 29.8 Å². The molecule has 1 N–H and O–H groups in total. The second kappa shape index (κ2) is 6.28. The van der Waals surface area contributed by atoms with Gasteiger partial charge in [-0.2, -0.15) is 0 Å². The van der Waals surface area contributed by atoms with Crippen LogP contribution < -0.4 is 10.1 Å². The Morgan fingerprint density at radius 2 is 1.88 bits per heavy atom. The predicted octanol–water partition coefficient (Wildman–Crippen LogP) is 2.92. The van der Waals surface area contributed by atoms with Crippen LogP contribution in [0.5, 0.6) is 5.75 Å². The molecule has 0 unspecified atom stereocenters. The van der Waals surface area contributed by atoms with Crippen LogP contribution >= 0.6 is 0 Å². The van der Waals surface area contributed by atoms with Gasteiger partial charge in [-0.3, -0.25) is 4.79 Å². The molecule has 94 valence electrons. The number of nitrogens with one attached hydrogen (secondary N) is 1. The summed E-state index contributed by atoms with van der Waals surface area (Å²) in [5.74, 6) is 0.939. The summed E-state index contributed by atoms with van der Waals surface area (Å²) >= 11 is 0. The molecule has 0 aliphatic heterocycles. The lowest BCUT2D eigenvalue weighted by Crippen LogP contribution is -2.31. The highest BCUT2D eigenvalue weighted by Gasteiger charge is 2.14. The number of amides is 1. The van der Waals surface area contributed by atoms with E-state index in [9.17, 15) is 4.79 Å². The van der Waals surface area contributed by atoms with Crippen LogP contribution in [-0.2, 0) is 4.79 Å². The Kier molecular flexibility index (Phi) is 5.01. The van der Waals surface area contributed by atoms with Crippen molar-refractivity contribution < 1.29 is 9.53 Å². The van der Waals surface area contributed by atoms with Crippen LogP contribution in [0.4, 0.5) is 0 Å². The van der Waals surface area contributed by atoms with Crippen LogP contribution in [0, 0.1) is 5.92 Å². The number of ether oxygens (including phenoxy) is 1. The minimum Gasteiger partial charge on any atom is -0.497 e. The number of hydrogen-bond donors (Lipinski definition) is 1. The highest BCUT2D eigenvalue weighted by atomic mass is 16.5. The van der Waals surface area contributed by atoms with Gasteiger partial charge in [-0.25, -0.2) is 0 Å². The molecule has 3 nitrogen and oxygen atoms in total. The lowest BCUT2D eigenvalue weighted by molar-refractivity contribution is -0.124. The van der Waals surface area contributed by atoms with E-state index in [0.29, 0.717) is 0 Å². The number of carbonyl (C=O) groups is 1. The Balaban J connectivity index is 2.75. The maximum atomic E-state index is 11.7.